The van der Waals surface area contributed by atoms with Gasteiger partial charge >= 0.3 is 0 Å². The third kappa shape index (κ3) is 5.75. The van der Waals surface area contributed by atoms with Crippen molar-refractivity contribution in [2.45, 2.75) is 31.4 Å². The highest BCUT2D eigenvalue weighted by Crippen LogP contribution is 2.15. The van der Waals surface area contributed by atoms with Crippen LogP contribution in [-0.4, -0.2) is 55.5 Å². The molecule has 0 aromatic heterocycles. The molecule has 1 aliphatic heterocycles. The van der Waals surface area contributed by atoms with Crippen LogP contribution in [-0.2, 0) is 11.2 Å². The number of nitrogens with two attached hydrogens (primary N) is 1. The van der Waals surface area contributed by atoms with Gasteiger partial charge < -0.3 is 20.5 Å². The summed E-state index contributed by atoms with van der Waals surface area (Å²) in [7, 11) is 2.05. The predicted octanol–water partition coefficient (Wildman–Crippen LogP) is 1.28. The molecule has 4 heteroatoms. The van der Waals surface area contributed by atoms with E-state index in [9.17, 15) is 5.11 Å². The van der Waals surface area contributed by atoms with Gasteiger partial charge in [0.15, 0.2) is 0 Å². The molecule has 0 spiro atoms. The Morgan fingerprint density at radius 1 is 1.38 bits per heavy atom. The highest BCUT2D eigenvalue weighted by Gasteiger charge is 2.20. The standard InChI is InChI=1S/C17H28N2O2/c1-19(11-15-8-5-9-21-13-15)12-17(20)16(18)10-14-6-3-2-4-7-14/h2-4,6-7,15-17,20H,5,8-13,18H2,1H3. The van der Waals surface area contributed by atoms with Crippen molar-refractivity contribution >= 4 is 0 Å². The van der Waals surface area contributed by atoms with E-state index in [1.807, 2.05) is 25.2 Å². The maximum Gasteiger partial charge on any atom is 0.0820 e. The summed E-state index contributed by atoms with van der Waals surface area (Å²) in [6.45, 7) is 3.32. The molecule has 1 aliphatic rings. The van der Waals surface area contributed by atoms with Crippen molar-refractivity contribution in [3.8, 4) is 0 Å². The van der Waals surface area contributed by atoms with Crippen LogP contribution in [0.1, 0.15) is 18.4 Å². The zero-order valence-electron chi connectivity index (χ0n) is 12.9. The first-order valence-electron chi connectivity index (χ1n) is 7.89. The second-order valence-corrected chi connectivity index (χ2v) is 6.23. The Balaban J connectivity index is 1.73. The molecule has 1 aromatic rings. The van der Waals surface area contributed by atoms with Crippen LogP contribution in [0.15, 0.2) is 30.3 Å². The van der Waals surface area contributed by atoms with E-state index in [0.717, 1.165) is 26.2 Å². The number of aliphatic hydroxyl groups excluding tert-OH is 1. The van der Waals surface area contributed by atoms with E-state index in [2.05, 4.69) is 17.0 Å². The Kier molecular flexibility index (Phi) is 6.64. The van der Waals surface area contributed by atoms with Gasteiger partial charge in [-0.25, -0.2) is 0 Å². The molecule has 118 valence electrons. The van der Waals surface area contributed by atoms with Crippen molar-refractivity contribution in [1.82, 2.24) is 4.90 Å². The van der Waals surface area contributed by atoms with Crippen molar-refractivity contribution < 1.29 is 9.84 Å². The van der Waals surface area contributed by atoms with Crippen molar-refractivity contribution in [2.24, 2.45) is 11.7 Å². The molecular formula is C17H28N2O2. The number of likely N-dealkylation sites (N-methyl/N-ethyl adjacent to an activating group) is 1. The van der Waals surface area contributed by atoms with Crippen LogP contribution < -0.4 is 5.73 Å². The van der Waals surface area contributed by atoms with Crippen LogP contribution in [0, 0.1) is 5.92 Å². The van der Waals surface area contributed by atoms with E-state index < -0.39 is 6.10 Å². The average molecular weight is 292 g/mol. The van der Waals surface area contributed by atoms with Gasteiger partial charge in [0, 0.05) is 25.7 Å². The lowest BCUT2D eigenvalue weighted by molar-refractivity contribution is 0.0317. The number of ether oxygens (including phenoxy) is 1. The van der Waals surface area contributed by atoms with Crippen LogP contribution in [0.2, 0.25) is 0 Å². The van der Waals surface area contributed by atoms with E-state index in [4.69, 9.17) is 10.5 Å². The van der Waals surface area contributed by atoms with Gasteiger partial charge in [0.05, 0.1) is 12.7 Å². The summed E-state index contributed by atoms with van der Waals surface area (Å²) in [5, 5.41) is 10.3. The van der Waals surface area contributed by atoms with Crippen molar-refractivity contribution in [3.05, 3.63) is 35.9 Å². The Labute approximate surface area is 127 Å². The van der Waals surface area contributed by atoms with Gasteiger partial charge in [0.25, 0.3) is 0 Å². The molecular weight excluding hydrogens is 264 g/mol. The molecule has 0 amide bonds. The molecule has 21 heavy (non-hydrogen) atoms. The third-order valence-corrected chi connectivity index (χ3v) is 4.13. The van der Waals surface area contributed by atoms with Crippen LogP contribution in [0.25, 0.3) is 0 Å². The van der Waals surface area contributed by atoms with Gasteiger partial charge in [0.2, 0.25) is 0 Å². The van der Waals surface area contributed by atoms with Gasteiger partial charge in [-0.2, -0.15) is 0 Å². The average Bonchev–Trinajstić information content (AvgIpc) is 2.49. The molecule has 3 unspecified atom stereocenters. The van der Waals surface area contributed by atoms with E-state index in [1.54, 1.807) is 0 Å². The number of rotatable bonds is 7. The highest BCUT2D eigenvalue weighted by molar-refractivity contribution is 5.16. The molecule has 3 N–H and O–H groups in total. The lowest BCUT2D eigenvalue weighted by Crippen LogP contribution is -2.45. The van der Waals surface area contributed by atoms with Crippen molar-refractivity contribution in [2.75, 3.05) is 33.4 Å². The first kappa shape index (κ1) is 16.4. The lowest BCUT2D eigenvalue weighted by Gasteiger charge is -2.29. The first-order valence-corrected chi connectivity index (χ1v) is 7.89. The second kappa shape index (κ2) is 8.49. The quantitative estimate of drug-likeness (QED) is 0.795. The summed E-state index contributed by atoms with van der Waals surface area (Å²) in [6, 6.07) is 9.88. The smallest absolute Gasteiger partial charge is 0.0820 e. The Bertz CT molecular complexity index is 393. The number of hydrogen-bond donors (Lipinski definition) is 2. The van der Waals surface area contributed by atoms with Gasteiger partial charge in [-0.3, -0.25) is 0 Å². The van der Waals surface area contributed by atoms with Crippen molar-refractivity contribution in [1.29, 1.82) is 0 Å². The van der Waals surface area contributed by atoms with Gasteiger partial charge in [-0.05, 0) is 37.8 Å². The molecule has 1 saturated heterocycles. The topological polar surface area (TPSA) is 58.7 Å². The largest absolute Gasteiger partial charge is 0.390 e. The first-order chi connectivity index (χ1) is 10.1. The van der Waals surface area contributed by atoms with Crippen LogP contribution >= 0.6 is 0 Å². The summed E-state index contributed by atoms with van der Waals surface area (Å²) in [5.74, 6) is 0.585. The fraction of sp³-hybridized carbons (Fsp3) is 0.647. The minimum absolute atomic E-state index is 0.225. The number of aliphatic hydroxyl groups is 1. The zero-order valence-corrected chi connectivity index (χ0v) is 12.9. The zero-order chi connectivity index (χ0) is 15.1. The van der Waals surface area contributed by atoms with Crippen molar-refractivity contribution in [3.63, 3.8) is 0 Å². The molecule has 2 rings (SSSR count). The minimum atomic E-state index is -0.500. The fourth-order valence-corrected chi connectivity index (χ4v) is 2.94. The normalized spacial score (nSPS) is 22.2. The summed E-state index contributed by atoms with van der Waals surface area (Å²) in [5.41, 5.74) is 7.30. The number of hydrogen-bond acceptors (Lipinski definition) is 4. The molecule has 3 atom stereocenters. The Morgan fingerprint density at radius 3 is 2.81 bits per heavy atom. The predicted molar refractivity (Wildman–Crippen MR) is 85.2 cm³/mol. The second-order valence-electron chi connectivity index (χ2n) is 6.23. The summed E-state index contributed by atoms with van der Waals surface area (Å²) >= 11 is 0. The SMILES string of the molecule is CN(CC1CCCOC1)CC(O)C(N)Cc1ccccc1. The van der Waals surface area contributed by atoms with Gasteiger partial charge in [-0.15, -0.1) is 0 Å². The summed E-state index contributed by atoms with van der Waals surface area (Å²) in [4.78, 5) is 2.18. The number of benzene rings is 1. The Morgan fingerprint density at radius 2 is 2.14 bits per heavy atom. The monoisotopic (exact) mass is 292 g/mol. The van der Waals surface area contributed by atoms with Crippen LogP contribution in [0.3, 0.4) is 0 Å². The number of nitrogens with zero attached hydrogens (tertiary/aromatic N) is 1. The molecule has 1 heterocycles. The highest BCUT2D eigenvalue weighted by atomic mass is 16.5. The molecule has 0 radical (unpaired) electrons. The van der Waals surface area contributed by atoms with Crippen LogP contribution in [0.5, 0.6) is 0 Å². The van der Waals surface area contributed by atoms with E-state index in [-0.39, 0.29) is 6.04 Å². The van der Waals surface area contributed by atoms with Crippen LogP contribution in [0.4, 0.5) is 0 Å². The molecule has 4 nitrogen and oxygen atoms in total. The van der Waals surface area contributed by atoms with E-state index in [1.165, 1.54) is 12.0 Å². The summed E-state index contributed by atoms with van der Waals surface area (Å²) in [6.07, 6.45) is 2.58. The minimum Gasteiger partial charge on any atom is -0.390 e. The lowest BCUT2D eigenvalue weighted by atomic mass is 10.00. The maximum absolute atomic E-state index is 10.3. The van der Waals surface area contributed by atoms with Gasteiger partial charge in [0.1, 0.15) is 0 Å². The molecule has 0 aliphatic carbocycles. The van der Waals surface area contributed by atoms with E-state index >= 15 is 0 Å². The van der Waals surface area contributed by atoms with E-state index in [0.29, 0.717) is 18.9 Å². The fourth-order valence-electron chi connectivity index (χ4n) is 2.94. The molecule has 0 saturated carbocycles. The van der Waals surface area contributed by atoms with Gasteiger partial charge in [-0.1, -0.05) is 30.3 Å². The third-order valence-electron chi connectivity index (χ3n) is 4.13. The summed E-state index contributed by atoms with van der Waals surface area (Å²) < 4.78 is 5.50. The molecule has 1 aromatic carbocycles. The molecule has 1 fully saturated rings. The molecule has 0 bridgehead atoms. The maximum atomic E-state index is 10.3. The Hall–Kier alpha value is -0.940.